The van der Waals surface area contributed by atoms with Crippen LogP contribution < -0.4 is 5.32 Å². The van der Waals surface area contributed by atoms with E-state index in [4.69, 9.17) is 0 Å². The van der Waals surface area contributed by atoms with Crippen molar-refractivity contribution in [1.82, 2.24) is 4.90 Å². The normalized spacial score (nSPS) is 26.3. The number of aryl methyl sites for hydroxylation is 1. The lowest BCUT2D eigenvalue weighted by Crippen LogP contribution is -2.48. The summed E-state index contributed by atoms with van der Waals surface area (Å²) in [5.74, 6) is 0.240. The number of hydrogen-bond donors (Lipinski definition) is 1. The maximum atomic E-state index is 12.5. The summed E-state index contributed by atoms with van der Waals surface area (Å²) in [5, 5.41) is 13.7. The van der Waals surface area contributed by atoms with Crippen LogP contribution >= 0.6 is 11.8 Å². The molecule has 0 aliphatic carbocycles. The number of nitro groups is 1. The van der Waals surface area contributed by atoms with E-state index in [-0.39, 0.29) is 22.4 Å². The van der Waals surface area contributed by atoms with Gasteiger partial charge in [0.25, 0.3) is 5.69 Å². The Bertz CT molecular complexity index is 708. The van der Waals surface area contributed by atoms with Crippen molar-refractivity contribution in [3.63, 3.8) is 0 Å². The molecule has 0 spiro atoms. The fourth-order valence-corrected chi connectivity index (χ4v) is 4.56. The Hall–Kier alpha value is -2.09. The quantitative estimate of drug-likeness (QED) is 0.676. The molecule has 3 rings (SSSR count). The predicted octanol–water partition coefficient (Wildman–Crippen LogP) is 2.30. The van der Waals surface area contributed by atoms with Crippen molar-refractivity contribution < 1.29 is 14.5 Å². The first-order valence-electron chi connectivity index (χ1n) is 7.34. The molecule has 122 valence electrons. The van der Waals surface area contributed by atoms with Gasteiger partial charge in [0.1, 0.15) is 6.04 Å². The highest BCUT2D eigenvalue weighted by molar-refractivity contribution is 8.01. The second-order valence-electron chi connectivity index (χ2n) is 6.01. The molecule has 2 aliphatic heterocycles. The average Bonchev–Trinajstić information content (AvgIpc) is 2.98. The van der Waals surface area contributed by atoms with Crippen molar-refractivity contribution in [3.05, 3.63) is 33.9 Å². The maximum absolute atomic E-state index is 12.5. The number of rotatable bonds is 3. The van der Waals surface area contributed by atoms with E-state index in [1.807, 2.05) is 6.92 Å². The maximum Gasteiger partial charge on any atom is 0.274 e. The van der Waals surface area contributed by atoms with Gasteiger partial charge in [0.15, 0.2) is 0 Å². The summed E-state index contributed by atoms with van der Waals surface area (Å²) in [5.41, 5.74) is 0.870. The predicted molar refractivity (Wildman–Crippen MR) is 87.2 cm³/mol. The number of hydrogen-bond acceptors (Lipinski definition) is 5. The Morgan fingerprint density at radius 3 is 2.96 bits per heavy atom. The third-order valence-electron chi connectivity index (χ3n) is 4.42. The van der Waals surface area contributed by atoms with Crippen LogP contribution in [0.2, 0.25) is 0 Å². The van der Waals surface area contributed by atoms with Gasteiger partial charge in [-0.2, -0.15) is 0 Å². The van der Waals surface area contributed by atoms with Crippen molar-refractivity contribution >= 4 is 35.0 Å². The van der Waals surface area contributed by atoms with Gasteiger partial charge in [0, 0.05) is 29.5 Å². The monoisotopic (exact) mass is 335 g/mol. The van der Waals surface area contributed by atoms with Gasteiger partial charge in [-0.25, -0.2) is 0 Å². The van der Waals surface area contributed by atoms with Crippen molar-refractivity contribution in [3.8, 4) is 0 Å². The minimum absolute atomic E-state index is 0.00691. The summed E-state index contributed by atoms with van der Waals surface area (Å²) in [4.78, 5) is 36.5. The van der Waals surface area contributed by atoms with Crippen LogP contribution in [0.25, 0.3) is 0 Å². The smallest absolute Gasteiger partial charge is 0.274 e. The molecule has 0 radical (unpaired) electrons. The number of carbonyl (C=O) groups is 2. The SMILES string of the molecule is Cc1ccc(NC(=O)[C@@H]2CS[C@@]3(C)CCC(=O)N23)cc1[N+](=O)[O-]. The minimum atomic E-state index is -0.527. The Morgan fingerprint density at radius 1 is 1.52 bits per heavy atom. The first-order chi connectivity index (χ1) is 10.8. The Balaban J connectivity index is 1.79. The van der Waals surface area contributed by atoms with Crippen molar-refractivity contribution in [1.29, 1.82) is 0 Å². The summed E-state index contributed by atoms with van der Waals surface area (Å²) in [7, 11) is 0. The van der Waals surface area contributed by atoms with Gasteiger partial charge < -0.3 is 10.2 Å². The van der Waals surface area contributed by atoms with Crippen LogP contribution in [-0.2, 0) is 9.59 Å². The molecular formula is C15H17N3O4S. The van der Waals surface area contributed by atoms with Gasteiger partial charge in [-0.1, -0.05) is 6.07 Å². The number of anilines is 1. The zero-order valence-electron chi connectivity index (χ0n) is 12.9. The van der Waals surface area contributed by atoms with Crippen molar-refractivity contribution in [2.75, 3.05) is 11.1 Å². The molecule has 23 heavy (non-hydrogen) atoms. The highest BCUT2D eigenvalue weighted by Gasteiger charge is 2.52. The second-order valence-corrected chi connectivity index (χ2v) is 7.51. The van der Waals surface area contributed by atoms with E-state index >= 15 is 0 Å². The number of nitro benzene ring substituents is 1. The molecule has 1 N–H and O–H groups in total. The Kier molecular flexibility index (Phi) is 3.79. The number of benzene rings is 1. The summed E-state index contributed by atoms with van der Waals surface area (Å²) in [6, 6.07) is 4.05. The van der Waals surface area contributed by atoms with Gasteiger partial charge in [-0.15, -0.1) is 11.8 Å². The Labute approximate surface area is 137 Å². The fraction of sp³-hybridized carbons (Fsp3) is 0.467. The van der Waals surface area contributed by atoms with Gasteiger partial charge in [-0.3, -0.25) is 19.7 Å². The molecule has 0 unspecified atom stereocenters. The van der Waals surface area contributed by atoms with Gasteiger partial charge in [-0.05, 0) is 26.3 Å². The minimum Gasteiger partial charge on any atom is -0.324 e. The number of nitrogens with zero attached hydrogens (tertiary/aromatic N) is 2. The van der Waals surface area contributed by atoms with E-state index in [1.165, 1.54) is 6.07 Å². The number of carbonyl (C=O) groups excluding carboxylic acids is 2. The molecule has 2 heterocycles. The summed E-state index contributed by atoms with van der Waals surface area (Å²) in [6.45, 7) is 3.62. The van der Waals surface area contributed by atoms with E-state index in [0.29, 0.717) is 23.4 Å². The van der Waals surface area contributed by atoms with Gasteiger partial charge >= 0.3 is 0 Å². The largest absolute Gasteiger partial charge is 0.324 e. The molecule has 0 saturated carbocycles. The zero-order chi connectivity index (χ0) is 16.8. The number of amides is 2. The molecule has 2 fully saturated rings. The lowest BCUT2D eigenvalue weighted by Gasteiger charge is -2.29. The zero-order valence-corrected chi connectivity index (χ0v) is 13.7. The van der Waals surface area contributed by atoms with Crippen LogP contribution in [0.1, 0.15) is 25.3 Å². The van der Waals surface area contributed by atoms with Gasteiger partial charge in [0.05, 0.1) is 9.79 Å². The van der Waals surface area contributed by atoms with Crippen LogP contribution in [0.3, 0.4) is 0 Å². The highest BCUT2D eigenvalue weighted by atomic mass is 32.2. The van der Waals surface area contributed by atoms with Crippen molar-refractivity contribution in [2.45, 2.75) is 37.6 Å². The van der Waals surface area contributed by atoms with Crippen LogP contribution in [0, 0.1) is 17.0 Å². The highest BCUT2D eigenvalue weighted by Crippen LogP contribution is 2.47. The summed E-state index contributed by atoms with van der Waals surface area (Å²) >= 11 is 1.61. The molecule has 1 aromatic carbocycles. The molecule has 8 heteroatoms. The number of fused-ring (bicyclic) bond motifs is 1. The van der Waals surface area contributed by atoms with Crippen LogP contribution in [-0.4, -0.2) is 38.3 Å². The molecular weight excluding hydrogens is 318 g/mol. The molecule has 0 bridgehead atoms. The first-order valence-corrected chi connectivity index (χ1v) is 8.32. The summed E-state index contributed by atoms with van der Waals surface area (Å²) < 4.78 is 0. The number of nitrogens with one attached hydrogen (secondary N) is 1. The topological polar surface area (TPSA) is 92.6 Å². The fourth-order valence-electron chi connectivity index (χ4n) is 3.12. The third kappa shape index (κ3) is 2.67. The van der Waals surface area contributed by atoms with E-state index in [1.54, 1.807) is 35.7 Å². The van der Waals surface area contributed by atoms with E-state index in [0.717, 1.165) is 6.42 Å². The lowest BCUT2D eigenvalue weighted by atomic mass is 10.1. The third-order valence-corrected chi connectivity index (χ3v) is 5.93. The van der Waals surface area contributed by atoms with E-state index < -0.39 is 11.0 Å². The van der Waals surface area contributed by atoms with Crippen molar-refractivity contribution in [2.24, 2.45) is 0 Å². The van der Waals surface area contributed by atoms with Gasteiger partial charge in [0.2, 0.25) is 11.8 Å². The molecule has 2 amide bonds. The second kappa shape index (κ2) is 5.52. The van der Waals surface area contributed by atoms with Crippen LogP contribution in [0.15, 0.2) is 18.2 Å². The summed E-state index contributed by atoms with van der Waals surface area (Å²) in [6.07, 6.45) is 1.21. The average molecular weight is 335 g/mol. The van der Waals surface area contributed by atoms with E-state index in [2.05, 4.69) is 5.32 Å². The number of thioether (sulfide) groups is 1. The lowest BCUT2D eigenvalue weighted by molar-refractivity contribution is -0.385. The molecule has 0 aromatic heterocycles. The van der Waals surface area contributed by atoms with E-state index in [9.17, 15) is 19.7 Å². The first kappa shape index (κ1) is 15.8. The molecule has 2 saturated heterocycles. The van der Waals surface area contributed by atoms with Crippen LogP contribution in [0.4, 0.5) is 11.4 Å². The molecule has 2 atom stereocenters. The van der Waals surface area contributed by atoms with Crippen LogP contribution in [0.5, 0.6) is 0 Å². The molecule has 7 nitrogen and oxygen atoms in total. The Morgan fingerprint density at radius 2 is 2.26 bits per heavy atom. The standard InChI is InChI=1S/C15H17N3O4S/c1-9-3-4-10(7-11(9)18(21)22)16-14(20)12-8-23-15(2)6-5-13(19)17(12)15/h3-4,7,12H,5-6,8H2,1-2H3,(H,16,20)/t12-,15-/m0/s1. The molecule has 1 aromatic rings. The molecule has 2 aliphatic rings.